The zero-order valence-corrected chi connectivity index (χ0v) is 15.5. The highest BCUT2D eigenvalue weighted by molar-refractivity contribution is 8.15. The van der Waals surface area contributed by atoms with Crippen LogP contribution in [-0.2, 0) is 9.47 Å². The highest BCUT2D eigenvalue weighted by atomic mass is 32.2. The van der Waals surface area contributed by atoms with Crippen molar-refractivity contribution in [2.45, 2.75) is 20.8 Å². The highest BCUT2D eigenvalue weighted by Crippen LogP contribution is 2.21. The van der Waals surface area contributed by atoms with Gasteiger partial charge in [-0.2, -0.15) is 0 Å². The minimum Gasteiger partial charge on any atom is -0.382 e. The van der Waals surface area contributed by atoms with Crippen LogP contribution in [0.4, 0.5) is 0 Å². The molecule has 0 bridgehead atoms. The molecule has 0 aliphatic heterocycles. The number of aliphatic imine (C=N–C) groups is 1. The summed E-state index contributed by atoms with van der Waals surface area (Å²) in [7, 11) is 3.39. The van der Waals surface area contributed by atoms with Crippen LogP contribution in [0.1, 0.15) is 20.8 Å². The Morgan fingerprint density at radius 2 is 1.82 bits per heavy atom. The van der Waals surface area contributed by atoms with Gasteiger partial charge in [0.1, 0.15) is 0 Å². The number of hydrogen-bond acceptors (Lipinski definition) is 4. The van der Waals surface area contributed by atoms with E-state index in [1.807, 2.05) is 26.0 Å². The maximum atomic E-state index is 5.48. The number of allylic oxidation sites excluding steroid dienone is 3. The van der Waals surface area contributed by atoms with Gasteiger partial charge in [0, 0.05) is 25.0 Å². The summed E-state index contributed by atoms with van der Waals surface area (Å²) in [5.41, 5.74) is 3.61. The van der Waals surface area contributed by atoms with Gasteiger partial charge >= 0.3 is 0 Å². The van der Waals surface area contributed by atoms with E-state index < -0.39 is 0 Å². The van der Waals surface area contributed by atoms with Gasteiger partial charge in [-0.05, 0) is 5.57 Å². The predicted molar refractivity (Wildman–Crippen MR) is 102 cm³/mol. The number of hydrogen-bond donors (Lipinski definition) is 0. The van der Waals surface area contributed by atoms with Crippen LogP contribution in [-0.4, -0.2) is 39.5 Å². The molecule has 0 N–H and O–H groups in total. The smallest absolute Gasteiger partial charge is 0.0700 e. The maximum Gasteiger partial charge on any atom is 0.0700 e. The zero-order valence-electron chi connectivity index (χ0n) is 14.7. The van der Waals surface area contributed by atoms with E-state index in [2.05, 4.69) is 31.7 Å². The summed E-state index contributed by atoms with van der Waals surface area (Å²) in [4.78, 5) is 4.78. The predicted octanol–water partition coefficient (Wildman–Crippen LogP) is 4.89. The van der Waals surface area contributed by atoms with E-state index in [4.69, 9.17) is 9.47 Å². The van der Waals surface area contributed by atoms with Crippen molar-refractivity contribution >= 4 is 17.3 Å². The molecule has 0 aromatic carbocycles. The highest BCUT2D eigenvalue weighted by Gasteiger charge is 2.04. The van der Waals surface area contributed by atoms with Gasteiger partial charge in [0.05, 0.1) is 25.4 Å². The molecule has 4 heteroatoms. The first-order valence-corrected chi connectivity index (χ1v) is 8.29. The van der Waals surface area contributed by atoms with E-state index >= 15 is 0 Å². The van der Waals surface area contributed by atoms with Crippen LogP contribution in [0.15, 0.2) is 52.9 Å². The largest absolute Gasteiger partial charge is 0.382 e. The van der Waals surface area contributed by atoms with Gasteiger partial charge in [0.2, 0.25) is 0 Å². The second-order valence-corrected chi connectivity index (χ2v) is 5.25. The Balaban J connectivity index is 0. The fourth-order valence-corrected chi connectivity index (χ4v) is 1.62. The maximum absolute atomic E-state index is 5.48. The number of nitrogens with zero attached hydrogens (tertiary/aromatic N) is 1. The minimum atomic E-state index is 0.258. The first kappa shape index (κ1) is 23.2. The van der Waals surface area contributed by atoms with Crippen molar-refractivity contribution in [3.63, 3.8) is 0 Å². The molecule has 0 saturated heterocycles. The molecule has 0 rings (SSSR count). The molecule has 126 valence electrons. The number of rotatable bonds is 11. The lowest BCUT2D eigenvalue weighted by Gasteiger charge is -2.12. The summed E-state index contributed by atoms with van der Waals surface area (Å²) in [6.45, 7) is 19.9. The summed E-state index contributed by atoms with van der Waals surface area (Å²) >= 11 is 1.46. The van der Waals surface area contributed by atoms with Gasteiger partial charge in [-0.15, -0.1) is 0 Å². The average molecular weight is 326 g/mol. The molecule has 0 aromatic heterocycles. The molecule has 0 amide bonds. The minimum absolute atomic E-state index is 0.258. The lowest BCUT2D eigenvalue weighted by atomic mass is 10.0. The molecule has 1 atom stereocenters. The van der Waals surface area contributed by atoms with E-state index in [0.29, 0.717) is 19.8 Å². The second-order valence-electron chi connectivity index (χ2n) is 4.31. The molecule has 0 fully saturated rings. The van der Waals surface area contributed by atoms with Crippen molar-refractivity contribution in [2.75, 3.05) is 34.0 Å². The molecular formula is C18H31NO2S. The number of thioether (sulfide) groups is 1. The first-order valence-electron chi connectivity index (χ1n) is 7.42. The monoisotopic (exact) mass is 325 g/mol. The summed E-state index contributed by atoms with van der Waals surface area (Å²) in [6, 6.07) is 0. The van der Waals surface area contributed by atoms with Crippen LogP contribution >= 0.6 is 11.8 Å². The lowest BCUT2D eigenvalue weighted by Crippen LogP contribution is -2.10. The van der Waals surface area contributed by atoms with Crippen LogP contribution < -0.4 is 0 Å². The zero-order chi connectivity index (χ0) is 17.4. The molecule has 22 heavy (non-hydrogen) atoms. The quantitative estimate of drug-likeness (QED) is 0.235. The third kappa shape index (κ3) is 12.6. The molecule has 0 heterocycles. The lowest BCUT2D eigenvalue weighted by molar-refractivity contribution is 0.0601. The SMILES string of the molecule is C=C(/C=C\C(=C)C(C)COCCOC)C(=C)SC=NC.CC. The standard InChI is InChI=1S/C16H25NO2S.C2H6/c1-13(15(3)11-19-10-9-18-6)7-8-14(2)16(4)20-12-17-5;1-2/h7-8,12,15H,1-2,4,9-11H2,3,5-6H3;1-2H3/b8-7-,17-12?;. The van der Waals surface area contributed by atoms with Crippen LogP contribution in [0.3, 0.4) is 0 Å². The number of methoxy groups -OCH3 is 1. The van der Waals surface area contributed by atoms with E-state index in [1.165, 1.54) is 11.8 Å². The van der Waals surface area contributed by atoms with Crippen molar-refractivity contribution in [2.24, 2.45) is 10.9 Å². The molecule has 0 radical (unpaired) electrons. The van der Waals surface area contributed by atoms with Gasteiger partial charge in [-0.25, -0.2) is 0 Å². The molecular weight excluding hydrogens is 294 g/mol. The average Bonchev–Trinajstić information content (AvgIpc) is 2.55. The Labute approximate surface area is 140 Å². The van der Waals surface area contributed by atoms with E-state index in [1.54, 1.807) is 19.7 Å². The van der Waals surface area contributed by atoms with Gasteiger partial charge < -0.3 is 9.47 Å². The fraction of sp³-hybridized carbons (Fsp3) is 0.500. The van der Waals surface area contributed by atoms with Gasteiger partial charge in [-0.3, -0.25) is 4.99 Å². The third-order valence-corrected chi connectivity index (χ3v) is 3.45. The van der Waals surface area contributed by atoms with Crippen molar-refractivity contribution in [3.8, 4) is 0 Å². The van der Waals surface area contributed by atoms with E-state index in [0.717, 1.165) is 16.1 Å². The fourth-order valence-electron chi connectivity index (χ4n) is 1.17. The first-order chi connectivity index (χ1) is 10.5. The van der Waals surface area contributed by atoms with Gasteiger partial charge in [0.25, 0.3) is 0 Å². The Kier molecular flexibility index (Phi) is 17.1. The third-order valence-electron chi connectivity index (χ3n) is 2.59. The van der Waals surface area contributed by atoms with Crippen LogP contribution in [0, 0.1) is 5.92 Å². The van der Waals surface area contributed by atoms with Crippen molar-refractivity contribution in [3.05, 3.63) is 47.9 Å². The van der Waals surface area contributed by atoms with Gasteiger partial charge in [0.15, 0.2) is 0 Å². The number of ether oxygens (including phenoxy) is 2. The Morgan fingerprint density at radius 3 is 2.36 bits per heavy atom. The van der Waals surface area contributed by atoms with E-state index in [9.17, 15) is 0 Å². The van der Waals surface area contributed by atoms with Gasteiger partial charge in [-0.1, -0.05) is 70.0 Å². The molecule has 0 spiro atoms. The van der Waals surface area contributed by atoms with Crippen LogP contribution in [0.5, 0.6) is 0 Å². The molecule has 0 aliphatic rings. The Morgan fingerprint density at radius 1 is 1.18 bits per heavy atom. The molecule has 0 saturated carbocycles. The summed E-state index contributed by atoms with van der Waals surface area (Å²) in [5, 5.41) is 0. The summed E-state index contributed by atoms with van der Waals surface area (Å²) in [6.07, 6.45) is 3.88. The normalized spacial score (nSPS) is 12.0. The topological polar surface area (TPSA) is 30.8 Å². The molecule has 0 aromatic rings. The molecule has 0 aliphatic carbocycles. The summed E-state index contributed by atoms with van der Waals surface area (Å²) < 4.78 is 10.4. The van der Waals surface area contributed by atoms with Crippen molar-refractivity contribution in [1.29, 1.82) is 0 Å². The van der Waals surface area contributed by atoms with Crippen LogP contribution in [0.25, 0.3) is 0 Å². The second kappa shape index (κ2) is 16.3. The van der Waals surface area contributed by atoms with E-state index in [-0.39, 0.29) is 5.92 Å². The molecule has 1 unspecified atom stereocenters. The Bertz CT molecular complexity index is 387. The Hall–Kier alpha value is -1.10. The molecule has 3 nitrogen and oxygen atoms in total. The van der Waals surface area contributed by atoms with Crippen molar-refractivity contribution in [1.82, 2.24) is 0 Å². The van der Waals surface area contributed by atoms with Crippen LogP contribution in [0.2, 0.25) is 0 Å². The van der Waals surface area contributed by atoms with Crippen molar-refractivity contribution < 1.29 is 9.47 Å². The summed E-state index contributed by atoms with van der Waals surface area (Å²) in [5.74, 6) is 0.258.